The maximum absolute atomic E-state index is 12.6. The van der Waals surface area contributed by atoms with Gasteiger partial charge in [-0.2, -0.15) is 13.2 Å². The van der Waals surface area contributed by atoms with Crippen molar-refractivity contribution < 1.29 is 18.0 Å². The molecule has 2 rings (SSSR count). The van der Waals surface area contributed by atoms with Crippen molar-refractivity contribution in [2.75, 3.05) is 20.1 Å². The lowest BCUT2D eigenvalue weighted by molar-refractivity contribution is -0.137. The summed E-state index contributed by atoms with van der Waals surface area (Å²) >= 11 is 0. The molecule has 1 aromatic carbocycles. The number of piperidine rings is 1. The summed E-state index contributed by atoms with van der Waals surface area (Å²) in [5, 5.41) is 7.47. The third-order valence-electron chi connectivity index (χ3n) is 3.96. The molecule has 6 N–H and O–H groups in total. The van der Waals surface area contributed by atoms with E-state index in [-0.39, 0.29) is 5.91 Å². The van der Waals surface area contributed by atoms with E-state index in [1.165, 1.54) is 30.3 Å². The normalized spacial score (nSPS) is 16.5. The molecule has 1 aliphatic heterocycles. The van der Waals surface area contributed by atoms with Gasteiger partial charge in [-0.3, -0.25) is 4.79 Å². The smallest absolute Gasteiger partial charge is 0.403 e. The largest absolute Gasteiger partial charge is 0.416 e. The van der Waals surface area contributed by atoms with E-state index in [1.54, 1.807) is 13.2 Å². The Balaban J connectivity index is 0.000000487. The van der Waals surface area contributed by atoms with Gasteiger partial charge in [0.15, 0.2) is 0 Å². The molecule has 1 aliphatic rings. The molecule has 1 fully saturated rings. The van der Waals surface area contributed by atoms with Gasteiger partial charge in [0.25, 0.3) is 0 Å². The minimum Gasteiger partial charge on any atom is -0.403 e. The number of hydrazine groups is 1. The first-order chi connectivity index (χ1) is 12.1. The van der Waals surface area contributed by atoms with Crippen molar-refractivity contribution in [1.82, 2.24) is 15.6 Å². The molecule has 1 aromatic rings. The van der Waals surface area contributed by atoms with Gasteiger partial charge in [-0.1, -0.05) is 12.1 Å². The zero-order valence-corrected chi connectivity index (χ0v) is 14.9. The number of nitrogens with two attached hydrogens (primary N) is 2. The molecule has 0 bridgehead atoms. The average molecular weight is 373 g/mol. The van der Waals surface area contributed by atoms with Crippen LogP contribution in [0.15, 0.2) is 36.7 Å². The van der Waals surface area contributed by atoms with E-state index in [4.69, 9.17) is 11.6 Å². The summed E-state index contributed by atoms with van der Waals surface area (Å²) in [6.45, 7) is 2.87. The lowest BCUT2D eigenvalue weighted by atomic mass is 9.81. The summed E-state index contributed by atoms with van der Waals surface area (Å²) in [5.74, 6) is 4.90. The van der Waals surface area contributed by atoms with E-state index in [9.17, 15) is 18.0 Å². The van der Waals surface area contributed by atoms with Crippen LogP contribution in [0.1, 0.15) is 30.9 Å². The Morgan fingerprint density at radius 3 is 2.15 bits per heavy atom. The molecule has 1 saturated heterocycles. The fourth-order valence-corrected chi connectivity index (χ4v) is 2.79. The lowest BCUT2D eigenvalue weighted by Gasteiger charge is -2.39. The van der Waals surface area contributed by atoms with E-state index < -0.39 is 17.3 Å². The minimum atomic E-state index is -4.34. The van der Waals surface area contributed by atoms with Crippen LogP contribution in [0.5, 0.6) is 0 Å². The number of hydrogen-bond acceptors (Lipinski definition) is 5. The zero-order valence-electron chi connectivity index (χ0n) is 14.9. The summed E-state index contributed by atoms with van der Waals surface area (Å²) in [4.78, 5) is 11.4. The fourth-order valence-electron chi connectivity index (χ4n) is 2.79. The molecule has 0 radical (unpaired) electrons. The van der Waals surface area contributed by atoms with Crippen molar-refractivity contribution in [3.8, 4) is 0 Å². The van der Waals surface area contributed by atoms with Gasteiger partial charge >= 0.3 is 6.18 Å². The molecule has 0 unspecified atom stereocenters. The van der Waals surface area contributed by atoms with Gasteiger partial charge in [0.05, 0.1) is 11.1 Å². The van der Waals surface area contributed by atoms with E-state index >= 15 is 0 Å². The van der Waals surface area contributed by atoms with Crippen LogP contribution < -0.4 is 22.2 Å². The maximum Gasteiger partial charge on any atom is 0.416 e. The van der Waals surface area contributed by atoms with Crippen molar-refractivity contribution in [2.24, 2.45) is 11.6 Å². The van der Waals surface area contributed by atoms with Gasteiger partial charge in [-0.05, 0) is 43.6 Å². The highest BCUT2D eigenvalue weighted by Gasteiger charge is 2.36. The molecule has 0 saturated carbocycles. The number of alkyl halides is 3. The third-order valence-corrected chi connectivity index (χ3v) is 3.96. The quantitative estimate of drug-likeness (QED) is 0.477. The number of nitrogens with one attached hydrogen (secondary N) is 2. The number of amides is 1. The van der Waals surface area contributed by atoms with Crippen molar-refractivity contribution in [1.29, 1.82) is 0 Å². The van der Waals surface area contributed by atoms with Crippen LogP contribution in [-0.2, 0) is 16.5 Å². The standard InChI is InChI=1S/C14H17F3N2O.C3H9N3/c1-10(20)19-13(6-8-18-9-7-13)11-2-4-12(5-3-11)14(15,16)17;1-6(5)3-2-4/h2-5,18H,6-9H2,1H3,(H,19,20);2-3H,4-5H2,1H3/b;3-2-. The number of nitrogens with zero attached hydrogens (tertiary/aromatic N) is 1. The number of carbonyl (C=O) groups is 1. The van der Waals surface area contributed by atoms with Gasteiger partial charge in [0.2, 0.25) is 5.91 Å². The Hall–Kier alpha value is -2.26. The molecule has 146 valence electrons. The van der Waals surface area contributed by atoms with Crippen LogP contribution in [0.25, 0.3) is 0 Å². The maximum atomic E-state index is 12.6. The van der Waals surface area contributed by atoms with Crippen LogP contribution >= 0.6 is 0 Å². The van der Waals surface area contributed by atoms with Gasteiger partial charge in [0.1, 0.15) is 0 Å². The second-order valence-electron chi connectivity index (χ2n) is 6.10. The van der Waals surface area contributed by atoms with Crippen LogP contribution in [0.4, 0.5) is 13.2 Å². The monoisotopic (exact) mass is 373 g/mol. The number of benzene rings is 1. The predicted octanol–water partition coefficient (Wildman–Crippen LogP) is 1.64. The number of hydrogen-bond donors (Lipinski definition) is 4. The predicted molar refractivity (Wildman–Crippen MR) is 94.3 cm³/mol. The number of rotatable bonds is 3. The Morgan fingerprint density at radius 2 is 1.81 bits per heavy atom. The van der Waals surface area contributed by atoms with Crippen LogP contribution in [0.3, 0.4) is 0 Å². The van der Waals surface area contributed by atoms with E-state index in [2.05, 4.69) is 10.6 Å². The summed E-state index contributed by atoms with van der Waals surface area (Å²) in [7, 11) is 1.70. The molecular formula is C17H26F3N5O. The van der Waals surface area contributed by atoms with Crippen molar-refractivity contribution in [3.63, 3.8) is 0 Å². The molecule has 9 heteroatoms. The van der Waals surface area contributed by atoms with Gasteiger partial charge in [-0.25, -0.2) is 5.84 Å². The Bertz CT molecular complexity index is 593. The molecule has 0 atom stereocenters. The topological polar surface area (TPSA) is 96.4 Å². The molecule has 26 heavy (non-hydrogen) atoms. The van der Waals surface area contributed by atoms with Gasteiger partial charge < -0.3 is 21.4 Å². The highest BCUT2D eigenvalue weighted by Crippen LogP contribution is 2.34. The minimum absolute atomic E-state index is 0.174. The van der Waals surface area contributed by atoms with Gasteiger partial charge in [0, 0.05) is 26.4 Å². The van der Waals surface area contributed by atoms with Crippen molar-refractivity contribution in [3.05, 3.63) is 47.8 Å². The highest BCUT2D eigenvalue weighted by atomic mass is 19.4. The van der Waals surface area contributed by atoms with Crippen LogP contribution in [-0.4, -0.2) is 31.1 Å². The number of carbonyl (C=O) groups excluding carboxylic acids is 1. The molecule has 0 aromatic heterocycles. The molecule has 1 amide bonds. The van der Waals surface area contributed by atoms with E-state index in [0.29, 0.717) is 12.8 Å². The fraction of sp³-hybridized carbons (Fsp3) is 0.471. The average Bonchev–Trinajstić information content (AvgIpc) is 2.55. The molecular weight excluding hydrogens is 347 g/mol. The first kappa shape index (κ1) is 21.8. The zero-order chi connectivity index (χ0) is 19.8. The summed E-state index contributed by atoms with van der Waals surface area (Å²) in [5.41, 5.74) is 4.41. The van der Waals surface area contributed by atoms with Gasteiger partial charge in [-0.15, -0.1) is 0 Å². The van der Waals surface area contributed by atoms with E-state index in [0.717, 1.165) is 30.8 Å². The number of halogens is 3. The molecule has 1 heterocycles. The Morgan fingerprint density at radius 1 is 1.27 bits per heavy atom. The highest BCUT2D eigenvalue weighted by molar-refractivity contribution is 5.74. The Kier molecular flexibility index (Phi) is 7.91. The summed E-state index contributed by atoms with van der Waals surface area (Å²) in [6.07, 6.45) is -0.0797. The van der Waals surface area contributed by atoms with Crippen LogP contribution in [0, 0.1) is 0 Å². The van der Waals surface area contributed by atoms with Crippen molar-refractivity contribution >= 4 is 5.91 Å². The van der Waals surface area contributed by atoms with E-state index in [1.807, 2.05) is 0 Å². The molecule has 0 spiro atoms. The third kappa shape index (κ3) is 6.57. The van der Waals surface area contributed by atoms with Crippen molar-refractivity contribution in [2.45, 2.75) is 31.5 Å². The molecule has 6 nitrogen and oxygen atoms in total. The molecule has 0 aliphatic carbocycles. The second kappa shape index (κ2) is 9.44. The first-order valence-corrected chi connectivity index (χ1v) is 8.14. The van der Waals surface area contributed by atoms with Crippen LogP contribution in [0.2, 0.25) is 0 Å². The Labute approximate surface area is 151 Å². The second-order valence-corrected chi connectivity index (χ2v) is 6.10. The SMILES string of the molecule is CC(=O)NC1(c2ccc(C(F)(F)F)cc2)CCNCC1.CN(N)/C=C\N. The lowest BCUT2D eigenvalue weighted by Crippen LogP contribution is -2.51. The first-order valence-electron chi connectivity index (χ1n) is 8.14. The summed E-state index contributed by atoms with van der Waals surface area (Å²) in [6, 6.07) is 5.07. The summed E-state index contributed by atoms with van der Waals surface area (Å²) < 4.78 is 37.8.